The topological polar surface area (TPSA) is 59.7 Å². The number of aryl methyl sites for hydroxylation is 2. The van der Waals surface area contributed by atoms with Gasteiger partial charge in [0.15, 0.2) is 23.4 Å². The molecule has 2 amide bonds. The molecule has 6 heteroatoms. The highest BCUT2D eigenvalue weighted by atomic mass is 16.5. The number of imide groups is 1. The van der Waals surface area contributed by atoms with Gasteiger partial charge in [-0.2, -0.15) is 0 Å². The number of methoxy groups -OCH3 is 1. The summed E-state index contributed by atoms with van der Waals surface area (Å²) in [6.07, 6.45) is 16.3. The summed E-state index contributed by atoms with van der Waals surface area (Å²) in [6, 6.07) is 11.3. The number of hydrogen-bond acceptors (Lipinski definition) is 4. The molecule has 1 heterocycles. The third-order valence-corrected chi connectivity index (χ3v) is 6.98. The summed E-state index contributed by atoms with van der Waals surface area (Å²) < 4.78 is 13.6. The lowest BCUT2D eigenvalue weighted by Gasteiger charge is -2.20. The third-order valence-electron chi connectivity index (χ3n) is 6.98. The zero-order chi connectivity index (χ0) is 27.6. The van der Waals surface area contributed by atoms with E-state index in [1.807, 2.05) is 12.1 Å². The molecule has 210 valence electrons. The molecule has 0 saturated carbocycles. The molecule has 0 aliphatic rings. The first-order valence-electron chi connectivity index (χ1n) is 14.6. The number of rotatable bonds is 19. The summed E-state index contributed by atoms with van der Waals surface area (Å²) in [6.45, 7) is 7.67. The van der Waals surface area contributed by atoms with Crippen LogP contribution in [0.1, 0.15) is 107 Å². The Hall–Kier alpha value is -2.89. The van der Waals surface area contributed by atoms with Crippen LogP contribution in [-0.2, 0) is 17.8 Å². The number of nitrogens with zero attached hydrogens (tertiary/aromatic N) is 2. The first-order valence-corrected chi connectivity index (χ1v) is 14.6. The van der Waals surface area contributed by atoms with Gasteiger partial charge in [-0.1, -0.05) is 70.8 Å². The quantitative estimate of drug-likeness (QED) is 0.147. The van der Waals surface area contributed by atoms with E-state index in [0.29, 0.717) is 36.6 Å². The van der Waals surface area contributed by atoms with Crippen LogP contribution in [0.2, 0.25) is 0 Å². The maximum absolute atomic E-state index is 13.2. The minimum absolute atomic E-state index is 0.258. The smallest absolute Gasteiger partial charge is 0.260 e. The van der Waals surface area contributed by atoms with Crippen LogP contribution in [0.15, 0.2) is 42.6 Å². The van der Waals surface area contributed by atoms with Crippen LogP contribution in [-0.4, -0.2) is 37.0 Å². The van der Waals surface area contributed by atoms with Gasteiger partial charge in [-0.05, 0) is 38.0 Å². The van der Waals surface area contributed by atoms with Gasteiger partial charge in [-0.25, -0.2) is 4.57 Å². The predicted octanol–water partition coefficient (Wildman–Crippen LogP) is 6.92. The Morgan fingerprint density at radius 1 is 0.842 bits per heavy atom. The van der Waals surface area contributed by atoms with Crippen LogP contribution < -0.4 is 14.0 Å². The number of ether oxygens (including phenoxy) is 2. The molecule has 1 aromatic heterocycles. The fourth-order valence-corrected chi connectivity index (χ4v) is 4.71. The van der Waals surface area contributed by atoms with Gasteiger partial charge in [0.2, 0.25) is 5.91 Å². The number of hydrogen-bond donors (Lipinski definition) is 0. The van der Waals surface area contributed by atoms with Crippen LogP contribution in [0.25, 0.3) is 0 Å². The number of carbonyl (C=O) groups is 2. The normalized spacial score (nSPS) is 10.8. The number of amides is 2. The second-order valence-corrected chi connectivity index (χ2v) is 9.95. The second kappa shape index (κ2) is 18.4. The van der Waals surface area contributed by atoms with E-state index in [2.05, 4.69) is 30.7 Å². The molecule has 0 bridgehead atoms. The van der Waals surface area contributed by atoms with Gasteiger partial charge >= 0.3 is 0 Å². The molecule has 0 radical (unpaired) electrons. The highest BCUT2D eigenvalue weighted by Crippen LogP contribution is 2.29. The molecule has 0 unspecified atom stereocenters. The van der Waals surface area contributed by atoms with E-state index in [4.69, 9.17) is 9.47 Å². The van der Waals surface area contributed by atoms with Gasteiger partial charge in [0.05, 0.1) is 13.7 Å². The van der Waals surface area contributed by atoms with Crippen molar-refractivity contribution < 1.29 is 23.6 Å². The van der Waals surface area contributed by atoms with Crippen molar-refractivity contribution >= 4 is 11.8 Å². The van der Waals surface area contributed by atoms with Crippen LogP contribution >= 0.6 is 0 Å². The lowest BCUT2D eigenvalue weighted by atomic mass is 10.1. The van der Waals surface area contributed by atoms with Crippen molar-refractivity contribution in [2.75, 3.05) is 20.3 Å². The minimum Gasteiger partial charge on any atom is -0.493 e. The first-order chi connectivity index (χ1) is 18.5. The van der Waals surface area contributed by atoms with E-state index < -0.39 is 0 Å². The molecule has 0 aliphatic carbocycles. The van der Waals surface area contributed by atoms with Crippen molar-refractivity contribution in [1.82, 2.24) is 4.90 Å². The lowest BCUT2D eigenvalue weighted by molar-refractivity contribution is -0.700. The second-order valence-electron chi connectivity index (χ2n) is 9.95. The van der Waals surface area contributed by atoms with E-state index in [1.165, 1.54) is 68.9 Å². The Kier molecular flexibility index (Phi) is 15.1. The molecule has 1 aromatic carbocycles. The minimum atomic E-state index is -0.312. The van der Waals surface area contributed by atoms with Crippen LogP contribution in [0, 0.1) is 0 Å². The Balaban J connectivity index is 1.82. The zero-order valence-corrected chi connectivity index (χ0v) is 24.2. The largest absolute Gasteiger partial charge is 0.493 e. The van der Waals surface area contributed by atoms with Crippen LogP contribution in [0.5, 0.6) is 11.5 Å². The molecule has 0 N–H and O–H groups in total. The highest BCUT2D eigenvalue weighted by molar-refractivity contribution is 6.04. The van der Waals surface area contributed by atoms with Crippen LogP contribution in [0.4, 0.5) is 0 Å². The maximum atomic E-state index is 13.2. The van der Waals surface area contributed by atoms with E-state index in [0.717, 1.165) is 25.8 Å². The van der Waals surface area contributed by atoms with Gasteiger partial charge in [0.1, 0.15) is 6.54 Å². The monoisotopic (exact) mass is 525 g/mol. The number of unbranched alkanes of at least 4 members (excludes halogenated alkanes) is 9. The van der Waals surface area contributed by atoms with Gasteiger partial charge in [-0.3, -0.25) is 14.5 Å². The van der Waals surface area contributed by atoms with E-state index in [-0.39, 0.29) is 11.8 Å². The van der Waals surface area contributed by atoms with Gasteiger partial charge in [0, 0.05) is 37.6 Å². The van der Waals surface area contributed by atoms with Crippen molar-refractivity contribution in [3.8, 4) is 11.5 Å². The molecule has 2 aromatic rings. The Labute approximate surface area is 230 Å². The summed E-state index contributed by atoms with van der Waals surface area (Å²) in [4.78, 5) is 26.8. The molecule has 0 atom stereocenters. The molecule has 0 fully saturated rings. The summed E-state index contributed by atoms with van der Waals surface area (Å²) in [5, 5.41) is 0. The number of carbonyl (C=O) groups excluding carboxylic acids is 2. The molecule has 0 aliphatic heterocycles. The van der Waals surface area contributed by atoms with Gasteiger partial charge in [0.25, 0.3) is 5.91 Å². The number of benzene rings is 1. The molecule has 38 heavy (non-hydrogen) atoms. The number of aromatic nitrogens is 1. The summed E-state index contributed by atoms with van der Waals surface area (Å²) in [5.74, 6) is 0.572. The number of pyridine rings is 1. The van der Waals surface area contributed by atoms with Crippen molar-refractivity contribution in [2.24, 2.45) is 0 Å². The van der Waals surface area contributed by atoms with Crippen molar-refractivity contribution in [2.45, 2.75) is 104 Å². The average molecular weight is 526 g/mol. The van der Waals surface area contributed by atoms with Crippen molar-refractivity contribution in [3.05, 3.63) is 53.9 Å². The zero-order valence-electron chi connectivity index (χ0n) is 24.2. The SMILES string of the molecule is CCCCCCCCCCCCOc1ccc(C(=O)N(CCCc2cccc[n+]2CC)C(C)=O)cc1OC. The van der Waals surface area contributed by atoms with E-state index in [1.54, 1.807) is 25.3 Å². The molecule has 2 rings (SSSR count). The average Bonchev–Trinajstić information content (AvgIpc) is 2.93. The molecule has 0 saturated heterocycles. The lowest BCUT2D eigenvalue weighted by Crippen LogP contribution is -2.38. The third kappa shape index (κ3) is 10.8. The standard InChI is InChI=1S/C32H49N2O4/c1-5-7-8-9-10-11-12-13-14-17-25-38-30-22-21-28(26-31(30)37-4)32(36)34(27(3)35)24-18-20-29-19-15-16-23-33(29)6-2/h15-16,19,21-23,26H,5-14,17-18,20,24-25H2,1-4H3/q+1. The summed E-state index contributed by atoms with van der Waals surface area (Å²) in [5.41, 5.74) is 1.61. The predicted molar refractivity (Wildman–Crippen MR) is 153 cm³/mol. The molecular weight excluding hydrogens is 476 g/mol. The van der Waals surface area contributed by atoms with Gasteiger partial charge < -0.3 is 9.47 Å². The molecule has 0 spiro atoms. The van der Waals surface area contributed by atoms with E-state index >= 15 is 0 Å². The Morgan fingerprint density at radius 3 is 2.16 bits per heavy atom. The first kappa shape index (κ1) is 31.3. The Bertz CT molecular complexity index is 976. The maximum Gasteiger partial charge on any atom is 0.260 e. The fourth-order valence-electron chi connectivity index (χ4n) is 4.71. The van der Waals surface area contributed by atoms with Crippen molar-refractivity contribution in [3.63, 3.8) is 0 Å². The summed E-state index contributed by atoms with van der Waals surface area (Å²) >= 11 is 0. The van der Waals surface area contributed by atoms with Gasteiger partial charge in [-0.15, -0.1) is 0 Å². The van der Waals surface area contributed by atoms with E-state index in [9.17, 15) is 9.59 Å². The molecule has 6 nitrogen and oxygen atoms in total. The Morgan fingerprint density at radius 2 is 1.53 bits per heavy atom. The molecular formula is C32H49N2O4+. The highest BCUT2D eigenvalue weighted by Gasteiger charge is 2.21. The summed E-state index contributed by atoms with van der Waals surface area (Å²) in [7, 11) is 1.57. The van der Waals surface area contributed by atoms with Crippen molar-refractivity contribution in [1.29, 1.82) is 0 Å². The fraction of sp³-hybridized carbons (Fsp3) is 0.594. The van der Waals surface area contributed by atoms with Crippen LogP contribution in [0.3, 0.4) is 0 Å².